The number of para-hydroxylation sites is 1. The Morgan fingerprint density at radius 3 is 2.87 bits per heavy atom. The van der Waals surface area contributed by atoms with E-state index < -0.39 is 17.0 Å². The molecule has 23 heavy (non-hydrogen) atoms. The van der Waals surface area contributed by atoms with E-state index in [9.17, 15) is 18.0 Å². The number of hydrogen-bond acceptors (Lipinski definition) is 4. The number of amides is 1. The van der Waals surface area contributed by atoms with Gasteiger partial charge in [0.25, 0.3) is 0 Å². The third kappa shape index (κ3) is 3.21. The van der Waals surface area contributed by atoms with Crippen LogP contribution in [0.5, 0.6) is 0 Å². The Morgan fingerprint density at radius 2 is 2.17 bits per heavy atom. The molecule has 0 atom stereocenters. The molecule has 0 aliphatic rings. The van der Waals surface area contributed by atoms with Gasteiger partial charge in [0.2, 0.25) is 5.91 Å². The minimum atomic E-state index is -4.46. The minimum Gasteiger partial charge on any atom is -0.464 e. The van der Waals surface area contributed by atoms with Crippen molar-refractivity contribution in [3.8, 4) is 0 Å². The second kappa shape index (κ2) is 5.69. The predicted molar refractivity (Wildman–Crippen MR) is 80.4 cm³/mol. The lowest BCUT2D eigenvalue weighted by Crippen LogP contribution is -2.13. The van der Waals surface area contributed by atoms with Crippen LogP contribution in [0.15, 0.2) is 35.1 Å². The number of halogens is 3. The number of nitrogens with one attached hydrogen (secondary N) is 1. The fourth-order valence-electron chi connectivity index (χ4n) is 2.19. The predicted octanol–water partition coefficient (Wildman–Crippen LogP) is 4.40. The highest BCUT2D eigenvalue weighted by Gasteiger charge is 2.33. The summed E-state index contributed by atoms with van der Waals surface area (Å²) in [7, 11) is 0. The molecule has 1 aromatic carbocycles. The van der Waals surface area contributed by atoms with Gasteiger partial charge in [0, 0.05) is 10.9 Å². The number of alkyl halides is 3. The fraction of sp³-hybridized carbons (Fsp3) is 0.200. The summed E-state index contributed by atoms with van der Waals surface area (Å²) in [4.78, 5) is 14.7. The molecule has 8 heteroatoms. The van der Waals surface area contributed by atoms with Crippen LogP contribution in [-0.2, 0) is 17.4 Å². The standard InChI is InChI=1S/C15H11F3N2O2S/c1-8-3-2-4-10-9(7-22-13(8)10)5-12(21)20-14-19-6-11(23-14)15(16,17)18/h2-4,6-7H,5H2,1H3,(H,19,20,21). The van der Waals surface area contributed by atoms with Crippen LogP contribution in [0.4, 0.5) is 18.3 Å². The number of nitrogens with zero attached hydrogens (tertiary/aromatic N) is 1. The van der Waals surface area contributed by atoms with Crippen LogP contribution in [0, 0.1) is 6.92 Å². The first-order valence-corrected chi connectivity index (χ1v) is 7.45. The first kappa shape index (κ1) is 15.5. The highest BCUT2D eigenvalue weighted by atomic mass is 32.1. The lowest BCUT2D eigenvalue weighted by Gasteiger charge is -2.01. The average Bonchev–Trinajstić information content (AvgIpc) is 3.07. The molecular weight excluding hydrogens is 329 g/mol. The Labute approximate surface area is 132 Å². The van der Waals surface area contributed by atoms with Gasteiger partial charge in [0.1, 0.15) is 10.5 Å². The average molecular weight is 340 g/mol. The van der Waals surface area contributed by atoms with Gasteiger partial charge in [0.15, 0.2) is 5.13 Å². The number of aromatic nitrogens is 1. The number of benzene rings is 1. The van der Waals surface area contributed by atoms with Crippen molar-refractivity contribution in [1.29, 1.82) is 0 Å². The summed E-state index contributed by atoms with van der Waals surface area (Å²) in [6.45, 7) is 1.89. The molecule has 0 saturated carbocycles. The SMILES string of the molecule is Cc1cccc2c(CC(=O)Nc3ncc(C(F)(F)F)s3)coc12. The Hall–Kier alpha value is -2.35. The maximum atomic E-state index is 12.5. The molecule has 0 radical (unpaired) electrons. The molecular formula is C15H11F3N2O2S. The smallest absolute Gasteiger partial charge is 0.427 e. The highest BCUT2D eigenvalue weighted by molar-refractivity contribution is 7.15. The molecule has 4 nitrogen and oxygen atoms in total. The number of rotatable bonds is 3. The minimum absolute atomic E-state index is 0.00259. The van der Waals surface area contributed by atoms with Gasteiger partial charge in [0.05, 0.1) is 18.9 Å². The third-order valence-corrected chi connectivity index (χ3v) is 4.22. The van der Waals surface area contributed by atoms with Gasteiger partial charge >= 0.3 is 6.18 Å². The summed E-state index contributed by atoms with van der Waals surface area (Å²) in [6, 6.07) is 5.58. The third-order valence-electron chi connectivity index (χ3n) is 3.26. The molecule has 2 aromatic heterocycles. The molecule has 0 unspecified atom stereocenters. The van der Waals surface area contributed by atoms with Crippen LogP contribution in [-0.4, -0.2) is 10.9 Å². The zero-order valence-corrected chi connectivity index (χ0v) is 12.7. The van der Waals surface area contributed by atoms with E-state index in [2.05, 4.69) is 10.3 Å². The molecule has 0 bridgehead atoms. The van der Waals surface area contributed by atoms with Crippen LogP contribution >= 0.6 is 11.3 Å². The summed E-state index contributed by atoms with van der Waals surface area (Å²) in [5.41, 5.74) is 2.32. The summed E-state index contributed by atoms with van der Waals surface area (Å²) in [5, 5.41) is 3.12. The lowest BCUT2D eigenvalue weighted by molar-refractivity contribution is -0.134. The molecule has 3 aromatic rings. The molecule has 0 aliphatic heterocycles. The molecule has 1 N–H and O–H groups in total. The zero-order valence-electron chi connectivity index (χ0n) is 11.9. The summed E-state index contributed by atoms with van der Waals surface area (Å²) in [6.07, 6.45) is -2.27. The Morgan fingerprint density at radius 1 is 1.39 bits per heavy atom. The van der Waals surface area contributed by atoms with Crippen molar-refractivity contribution < 1.29 is 22.4 Å². The van der Waals surface area contributed by atoms with Gasteiger partial charge in [-0.3, -0.25) is 4.79 Å². The number of fused-ring (bicyclic) bond motifs is 1. The lowest BCUT2D eigenvalue weighted by atomic mass is 10.1. The van der Waals surface area contributed by atoms with Gasteiger partial charge in [-0.05, 0) is 12.5 Å². The van der Waals surface area contributed by atoms with Gasteiger partial charge in [-0.1, -0.05) is 29.5 Å². The van der Waals surface area contributed by atoms with E-state index in [-0.39, 0.29) is 11.6 Å². The normalized spacial score (nSPS) is 11.8. The monoisotopic (exact) mass is 340 g/mol. The van der Waals surface area contributed by atoms with E-state index in [1.54, 1.807) is 0 Å². The molecule has 0 spiro atoms. The van der Waals surface area contributed by atoms with E-state index >= 15 is 0 Å². The number of carbonyl (C=O) groups excluding carboxylic acids is 1. The number of anilines is 1. The molecule has 0 aliphatic carbocycles. The highest BCUT2D eigenvalue weighted by Crippen LogP contribution is 2.35. The molecule has 3 rings (SSSR count). The second-order valence-electron chi connectivity index (χ2n) is 4.96. The first-order valence-electron chi connectivity index (χ1n) is 6.63. The number of thiazole rings is 1. The van der Waals surface area contributed by atoms with Crippen LogP contribution in [0.3, 0.4) is 0 Å². The Bertz CT molecular complexity index is 867. The van der Waals surface area contributed by atoms with Crippen molar-refractivity contribution in [3.63, 3.8) is 0 Å². The van der Waals surface area contributed by atoms with Crippen LogP contribution < -0.4 is 5.32 Å². The van der Waals surface area contributed by atoms with Crippen molar-refractivity contribution in [1.82, 2.24) is 4.98 Å². The first-order chi connectivity index (χ1) is 10.8. The maximum absolute atomic E-state index is 12.5. The molecule has 0 saturated heterocycles. The maximum Gasteiger partial charge on any atom is 0.427 e. The molecule has 2 heterocycles. The van der Waals surface area contributed by atoms with Crippen molar-refractivity contribution >= 4 is 33.3 Å². The van der Waals surface area contributed by atoms with Crippen molar-refractivity contribution in [2.24, 2.45) is 0 Å². The van der Waals surface area contributed by atoms with Gasteiger partial charge < -0.3 is 9.73 Å². The van der Waals surface area contributed by atoms with Crippen molar-refractivity contribution in [2.75, 3.05) is 5.32 Å². The largest absolute Gasteiger partial charge is 0.464 e. The van der Waals surface area contributed by atoms with E-state index in [1.165, 1.54) is 6.26 Å². The van der Waals surface area contributed by atoms with Gasteiger partial charge in [-0.2, -0.15) is 13.2 Å². The van der Waals surface area contributed by atoms with Gasteiger partial charge in [-0.15, -0.1) is 0 Å². The number of carbonyl (C=O) groups is 1. The van der Waals surface area contributed by atoms with Crippen LogP contribution in [0.2, 0.25) is 0 Å². The fourth-order valence-corrected chi connectivity index (χ4v) is 2.89. The number of hydrogen-bond donors (Lipinski definition) is 1. The zero-order chi connectivity index (χ0) is 16.6. The second-order valence-corrected chi connectivity index (χ2v) is 6.00. The molecule has 120 valence electrons. The van der Waals surface area contributed by atoms with Crippen molar-refractivity contribution in [2.45, 2.75) is 19.5 Å². The summed E-state index contributed by atoms with van der Waals surface area (Å²) in [5.74, 6) is -0.447. The Kier molecular flexibility index (Phi) is 3.85. The van der Waals surface area contributed by atoms with Crippen molar-refractivity contribution in [3.05, 3.63) is 46.7 Å². The number of aryl methyl sites for hydroxylation is 1. The van der Waals surface area contributed by atoms with Crippen LogP contribution in [0.1, 0.15) is 16.0 Å². The van der Waals surface area contributed by atoms with Crippen LogP contribution in [0.25, 0.3) is 11.0 Å². The Balaban J connectivity index is 1.74. The van der Waals surface area contributed by atoms with E-state index in [4.69, 9.17) is 4.42 Å². The summed E-state index contributed by atoms with van der Waals surface area (Å²) >= 11 is 0.395. The van der Waals surface area contributed by atoms with E-state index in [1.807, 2.05) is 25.1 Å². The van der Waals surface area contributed by atoms with E-state index in [0.717, 1.165) is 10.9 Å². The topological polar surface area (TPSA) is 55.1 Å². The number of furan rings is 1. The summed E-state index contributed by atoms with van der Waals surface area (Å²) < 4.78 is 42.9. The van der Waals surface area contributed by atoms with Gasteiger partial charge in [-0.25, -0.2) is 4.98 Å². The molecule has 1 amide bonds. The molecule has 0 fully saturated rings. The van der Waals surface area contributed by atoms with E-state index in [0.29, 0.717) is 28.7 Å². The quantitative estimate of drug-likeness (QED) is 0.769.